The molecule has 4 N–H and O–H groups in total. The van der Waals surface area contributed by atoms with Gasteiger partial charge in [-0.3, -0.25) is 19.2 Å². The van der Waals surface area contributed by atoms with Gasteiger partial charge in [0.2, 0.25) is 23.6 Å². The minimum Gasteiger partial charge on any atom is -0.467 e. The fourth-order valence-electron chi connectivity index (χ4n) is 5.33. The minimum atomic E-state index is -0.883. The molecule has 1 aliphatic heterocycles. The molecule has 320 valence electrons. The fourth-order valence-corrected chi connectivity index (χ4v) is 9.93. The molecule has 0 aliphatic carbocycles. The van der Waals surface area contributed by atoms with Crippen LogP contribution in [0.3, 0.4) is 0 Å². The predicted molar refractivity (Wildman–Crippen MR) is 219 cm³/mol. The van der Waals surface area contributed by atoms with Crippen molar-refractivity contribution in [2.75, 3.05) is 51.5 Å². The first kappa shape index (κ1) is 51.2. The molecule has 1 saturated heterocycles. The molecule has 0 aromatic rings. The number of esters is 4. The summed E-state index contributed by atoms with van der Waals surface area (Å²) in [5.41, 5.74) is 0. The minimum absolute atomic E-state index is 0.190. The van der Waals surface area contributed by atoms with Crippen molar-refractivity contribution in [2.24, 2.45) is 0 Å². The summed E-state index contributed by atoms with van der Waals surface area (Å²) >= 11 is 0. The number of nitrogens with one attached hydrogen (secondary N) is 4. The molecule has 0 unspecified atom stereocenters. The zero-order valence-electron chi connectivity index (χ0n) is 33.0. The molecule has 1 aliphatic rings. The maximum atomic E-state index is 12.6. The highest BCUT2D eigenvalue weighted by molar-refractivity contribution is 8.77. The Morgan fingerprint density at radius 2 is 0.554 bits per heavy atom. The van der Waals surface area contributed by atoms with Crippen LogP contribution in [0.1, 0.15) is 103 Å². The Hall–Kier alpha value is -2.84. The number of ether oxygens (including phenoxy) is 4. The van der Waals surface area contributed by atoms with Crippen LogP contribution in [-0.2, 0) is 57.3 Å². The zero-order chi connectivity index (χ0) is 41.6. The third kappa shape index (κ3) is 24.0. The van der Waals surface area contributed by atoms with E-state index in [-0.39, 0.29) is 72.3 Å². The molecule has 0 aromatic carbocycles. The van der Waals surface area contributed by atoms with E-state index in [4.69, 9.17) is 18.9 Å². The van der Waals surface area contributed by atoms with Gasteiger partial charge in [-0.25, -0.2) is 19.2 Å². The van der Waals surface area contributed by atoms with Crippen LogP contribution >= 0.6 is 43.2 Å². The Kier molecular flexibility index (Phi) is 29.4. The molecule has 16 nitrogen and oxygen atoms in total. The molecule has 1 heterocycles. The van der Waals surface area contributed by atoms with E-state index in [1.54, 1.807) is 0 Å². The highest BCUT2D eigenvalue weighted by atomic mass is 33.1. The number of rotatable bonds is 4. The van der Waals surface area contributed by atoms with E-state index >= 15 is 0 Å². The Labute approximate surface area is 346 Å². The molecule has 20 heteroatoms. The van der Waals surface area contributed by atoms with Crippen LogP contribution in [0.15, 0.2) is 0 Å². The summed E-state index contributed by atoms with van der Waals surface area (Å²) in [5.74, 6) is -2.70. The van der Waals surface area contributed by atoms with Gasteiger partial charge in [-0.2, -0.15) is 0 Å². The van der Waals surface area contributed by atoms with E-state index in [2.05, 4.69) is 21.3 Å². The quantitative estimate of drug-likeness (QED) is 0.180. The largest absolute Gasteiger partial charge is 0.467 e. The van der Waals surface area contributed by atoms with Gasteiger partial charge in [0.15, 0.2) is 0 Å². The van der Waals surface area contributed by atoms with Gasteiger partial charge in [0.1, 0.15) is 24.2 Å². The number of hydrogen-bond donors (Lipinski definition) is 4. The summed E-state index contributed by atoms with van der Waals surface area (Å²) in [6, 6.07) is -3.53. The van der Waals surface area contributed by atoms with Gasteiger partial charge in [0.05, 0.1) is 28.4 Å². The standard InChI is InChI=1S/C36H60N4O12S4/c1-49-33(45)25-21-53-54-22-26(34(46)50-2)38-30(42)18-15-11-7-8-12-16-20-32(44)40-28(36(48)52-4)24-56-55-23-27(35(47)51-3)39-31(43)19-14-10-6-5-9-13-17-29(41)37-25/h25-28H,5-24H2,1-4H3,(H,37,41)(H,38,42)(H,39,43)(H,40,44)/t25-,26-,27-,28-/m0/s1. The average Bonchev–Trinajstić information content (AvgIpc) is 3.19. The van der Waals surface area contributed by atoms with Crippen LogP contribution in [0.4, 0.5) is 0 Å². The molecule has 0 radical (unpaired) electrons. The topological polar surface area (TPSA) is 222 Å². The molecule has 1 rings (SSSR count). The van der Waals surface area contributed by atoms with Crippen molar-refractivity contribution in [3.63, 3.8) is 0 Å². The van der Waals surface area contributed by atoms with E-state index < -0.39 is 48.0 Å². The molecular formula is C36H60N4O12S4. The van der Waals surface area contributed by atoms with E-state index in [9.17, 15) is 38.4 Å². The zero-order valence-corrected chi connectivity index (χ0v) is 36.2. The summed E-state index contributed by atoms with van der Waals surface area (Å²) in [4.78, 5) is 99.9. The second kappa shape index (κ2) is 32.2. The summed E-state index contributed by atoms with van der Waals surface area (Å²) in [5, 5.41) is 10.9. The van der Waals surface area contributed by atoms with Crippen LogP contribution in [0.2, 0.25) is 0 Å². The summed E-state index contributed by atoms with van der Waals surface area (Å²) in [6.45, 7) is 0. The lowest BCUT2D eigenvalue weighted by molar-refractivity contribution is -0.144. The third-order valence-corrected chi connectivity index (χ3v) is 13.3. The first-order valence-electron chi connectivity index (χ1n) is 18.9. The van der Waals surface area contributed by atoms with Crippen molar-refractivity contribution in [1.82, 2.24) is 21.3 Å². The molecule has 4 amide bonds. The molecule has 0 bridgehead atoms. The summed E-state index contributed by atoms with van der Waals surface area (Å²) < 4.78 is 19.5. The van der Waals surface area contributed by atoms with Crippen LogP contribution < -0.4 is 21.3 Å². The van der Waals surface area contributed by atoms with Crippen molar-refractivity contribution in [1.29, 1.82) is 0 Å². The maximum Gasteiger partial charge on any atom is 0.329 e. The Morgan fingerprint density at radius 1 is 0.375 bits per heavy atom. The molecule has 0 saturated carbocycles. The van der Waals surface area contributed by atoms with Gasteiger partial charge in [-0.15, -0.1) is 0 Å². The number of carbonyl (C=O) groups is 8. The molecule has 1 fully saturated rings. The second-order valence-corrected chi connectivity index (χ2v) is 18.1. The highest BCUT2D eigenvalue weighted by Crippen LogP contribution is 2.25. The van der Waals surface area contributed by atoms with Crippen molar-refractivity contribution < 1.29 is 57.3 Å². The Morgan fingerprint density at radius 3 is 0.732 bits per heavy atom. The highest BCUT2D eigenvalue weighted by Gasteiger charge is 2.26. The van der Waals surface area contributed by atoms with Gasteiger partial charge in [0, 0.05) is 48.7 Å². The first-order valence-corrected chi connectivity index (χ1v) is 23.9. The second-order valence-electron chi connectivity index (χ2n) is 13.0. The van der Waals surface area contributed by atoms with Crippen LogP contribution in [0.5, 0.6) is 0 Å². The summed E-state index contributed by atoms with van der Waals surface area (Å²) in [7, 11) is 10.0. The van der Waals surface area contributed by atoms with Gasteiger partial charge in [-0.05, 0) is 25.7 Å². The van der Waals surface area contributed by atoms with Gasteiger partial charge in [0.25, 0.3) is 0 Å². The fraction of sp³-hybridized carbons (Fsp3) is 0.778. The van der Waals surface area contributed by atoms with Crippen molar-refractivity contribution >= 4 is 90.7 Å². The monoisotopic (exact) mass is 868 g/mol. The van der Waals surface area contributed by atoms with Crippen molar-refractivity contribution in [3.05, 3.63) is 0 Å². The molecular weight excluding hydrogens is 809 g/mol. The van der Waals surface area contributed by atoms with Crippen LogP contribution in [0.25, 0.3) is 0 Å². The van der Waals surface area contributed by atoms with E-state index in [1.165, 1.54) is 71.6 Å². The maximum absolute atomic E-state index is 12.6. The summed E-state index contributed by atoms with van der Waals surface area (Å²) in [6.07, 6.45) is 9.94. The van der Waals surface area contributed by atoms with Gasteiger partial charge in [-0.1, -0.05) is 94.5 Å². The van der Waals surface area contributed by atoms with Gasteiger partial charge >= 0.3 is 23.9 Å². The van der Waals surface area contributed by atoms with E-state index in [0.717, 1.165) is 51.4 Å². The smallest absolute Gasteiger partial charge is 0.329 e. The Bertz CT molecular complexity index is 1060. The number of methoxy groups -OCH3 is 4. The first-order chi connectivity index (χ1) is 26.9. The Balaban J connectivity index is 2.83. The normalized spacial score (nSPS) is 24.1. The number of amides is 4. The lowest BCUT2D eigenvalue weighted by Gasteiger charge is -2.18. The SMILES string of the molecule is COC(=O)[C@@H]1CSSC[C@@H](C(=O)OC)NC(=O)CCCCCCCCC(=O)N[C@H](C(=O)OC)CSSC[C@@H](C(=O)OC)NC(=O)CCCCCCCCC(=O)N1. The predicted octanol–water partition coefficient (Wildman–Crippen LogP) is 3.64. The number of hydrogen-bond acceptors (Lipinski definition) is 16. The van der Waals surface area contributed by atoms with Crippen molar-refractivity contribution in [2.45, 2.75) is 127 Å². The lowest BCUT2D eigenvalue weighted by Crippen LogP contribution is -2.44. The molecule has 56 heavy (non-hydrogen) atoms. The molecule has 4 atom stereocenters. The number of carbonyl (C=O) groups excluding carboxylic acids is 8. The lowest BCUT2D eigenvalue weighted by atomic mass is 10.1. The van der Waals surface area contributed by atoms with Gasteiger partial charge < -0.3 is 40.2 Å². The molecule has 0 aromatic heterocycles. The van der Waals surface area contributed by atoms with Crippen molar-refractivity contribution in [3.8, 4) is 0 Å². The van der Waals surface area contributed by atoms with E-state index in [0.29, 0.717) is 25.7 Å². The van der Waals surface area contributed by atoms with Crippen LogP contribution in [-0.4, -0.2) is 123 Å². The van der Waals surface area contributed by atoms with E-state index in [1.807, 2.05) is 0 Å². The molecule has 0 spiro atoms. The third-order valence-electron chi connectivity index (χ3n) is 8.50. The average molecular weight is 869 g/mol. The van der Waals surface area contributed by atoms with Crippen LogP contribution in [0, 0.1) is 0 Å².